The van der Waals surface area contributed by atoms with Crippen LogP contribution in [0.1, 0.15) is 43.2 Å². The quantitative estimate of drug-likeness (QED) is 0.792. The molecule has 0 spiro atoms. The van der Waals surface area contributed by atoms with Crippen LogP contribution in [0.2, 0.25) is 0 Å². The summed E-state index contributed by atoms with van der Waals surface area (Å²) in [4.78, 5) is 26.2. The van der Waals surface area contributed by atoms with Crippen LogP contribution in [-0.2, 0) is 0 Å². The highest BCUT2D eigenvalue weighted by Gasteiger charge is 2.31. The number of fused-ring (bicyclic) bond motifs is 1. The molecule has 0 saturated carbocycles. The molecule has 1 aromatic heterocycles. The number of likely N-dealkylation sites (tertiary alicyclic amines) is 2. The van der Waals surface area contributed by atoms with E-state index in [9.17, 15) is 4.79 Å². The first-order chi connectivity index (χ1) is 14.5. The van der Waals surface area contributed by atoms with Gasteiger partial charge in [-0.1, -0.05) is 25.1 Å². The molecule has 2 aliphatic heterocycles. The van der Waals surface area contributed by atoms with Crippen LogP contribution < -0.4 is 5.32 Å². The number of nitrogens with one attached hydrogen (secondary N) is 1. The number of urea groups is 1. The molecule has 160 valence electrons. The average molecular weight is 408 g/mol. The van der Waals surface area contributed by atoms with Crippen molar-refractivity contribution in [3.8, 4) is 0 Å². The van der Waals surface area contributed by atoms with E-state index in [2.05, 4.69) is 52.4 Å². The SMILES string of the molecule is C/N=C/c1ccc([C@H]2C[C@@H](C)CN(C(=O)NC3CCN(C)CC3)C2)c2cccnc12. The molecular weight excluding hydrogens is 374 g/mol. The van der Waals surface area contributed by atoms with Crippen molar-refractivity contribution in [1.82, 2.24) is 20.1 Å². The summed E-state index contributed by atoms with van der Waals surface area (Å²) in [5, 5.41) is 4.47. The molecule has 6 nitrogen and oxygen atoms in total. The molecule has 2 atom stereocenters. The van der Waals surface area contributed by atoms with Crippen molar-refractivity contribution >= 4 is 23.1 Å². The van der Waals surface area contributed by atoms with E-state index in [0.717, 1.165) is 56.5 Å². The normalized spacial score (nSPS) is 23.9. The summed E-state index contributed by atoms with van der Waals surface area (Å²) in [7, 11) is 3.93. The zero-order valence-corrected chi connectivity index (χ0v) is 18.3. The van der Waals surface area contributed by atoms with E-state index in [4.69, 9.17) is 0 Å². The van der Waals surface area contributed by atoms with Gasteiger partial charge in [-0.05, 0) is 56.9 Å². The van der Waals surface area contributed by atoms with E-state index in [1.807, 2.05) is 23.4 Å². The fourth-order valence-electron chi connectivity index (χ4n) is 4.98. The van der Waals surface area contributed by atoms with Gasteiger partial charge in [-0.25, -0.2) is 4.79 Å². The summed E-state index contributed by atoms with van der Waals surface area (Å²) in [5.41, 5.74) is 3.31. The van der Waals surface area contributed by atoms with Gasteiger partial charge in [0.05, 0.1) is 5.52 Å². The van der Waals surface area contributed by atoms with Crippen LogP contribution in [0.3, 0.4) is 0 Å². The Morgan fingerprint density at radius 2 is 2.03 bits per heavy atom. The number of amides is 2. The second-order valence-electron chi connectivity index (χ2n) is 9.00. The maximum atomic E-state index is 13.0. The average Bonchev–Trinajstić information content (AvgIpc) is 2.75. The molecule has 4 rings (SSSR count). The summed E-state index contributed by atoms with van der Waals surface area (Å²) < 4.78 is 0. The Hall–Kier alpha value is -2.47. The predicted octanol–water partition coefficient (Wildman–Crippen LogP) is 3.51. The molecule has 2 aromatic rings. The number of carbonyl (C=O) groups is 1. The van der Waals surface area contributed by atoms with E-state index in [-0.39, 0.29) is 6.03 Å². The van der Waals surface area contributed by atoms with Crippen molar-refractivity contribution in [2.45, 2.75) is 38.1 Å². The number of rotatable bonds is 3. The molecule has 0 aliphatic carbocycles. The summed E-state index contributed by atoms with van der Waals surface area (Å²) in [6, 6.07) is 8.85. The lowest BCUT2D eigenvalue weighted by atomic mass is 9.83. The minimum atomic E-state index is 0.0956. The van der Waals surface area contributed by atoms with Crippen molar-refractivity contribution in [1.29, 1.82) is 0 Å². The predicted molar refractivity (Wildman–Crippen MR) is 122 cm³/mol. The summed E-state index contributed by atoms with van der Waals surface area (Å²) in [5.74, 6) is 0.784. The van der Waals surface area contributed by atoms with Crippen LogP contribution in [0, 0.1) is 5.92 Å². The standard InChI is InChI=1S/C24H33N5O/c1-17-13-19(16-29(15-17)24(30)27-20-8-11-28(3)12-9-20)21-7-6-18(14-25-2)23-22(21)5-4-10-26-23/h4-7,10,14,17,19-20H,8-9,11-13,15-16H2,1-3H3,(H,27,30)/b25-14+/t17-,19+/m1/s1. The second-order valence-corrected chi connectivity index (χ2v) is 9.00. The van der Waals surface area contributed by atoms with Crippen molar-refractivity contribution in [2.24, 2.45) is 10.9 Å². The van der Waals surface area contributed by atoms with Crippen LogP contribution >= 0.6 is 0 Å². The van der Waals surface area contributed by atoms with Crippen LogP contribution in [0.25, 0.3) is 10.9 Å². The topological polar surface area (TPSA) is 60.8 Å². The largest absolute Gasteiger partial charge is 0.335 e. The van der Waals surface area contributed by atoms with Crippen LogP contribution in [0.5, 0.6) is 0 Å². The lowest BCUT2D eigenvalue weighted by Gasteiger charge is -2.38. The molecule has 2 fully saturated rings. The highest BCUT2D eigenvalue weighted by molar-refractivity contribution is 5.99. The summed E-state index contributed by atoms with van der Waals surface area (Å²) >= 11 is 0. The van der Waals surface area contributed by atoms with Crippen LogP contribution in [-0.4, -0.2) is 73.3 Å². The van der Waals surface area contributed by atoms with E-state index in [1.54, 1.807) is 7.05 Å². The minimum Gasteiger partial charge on any atom is -0.335 e. The summed E-state index contributed by atoms with van der Waals surface area (Å²) in [6.07, 6.45) is 6.86. The van der Waals surface area contributed by atoms with Crippen molar-refractivity contribution in [3.05, 3.63) is 41.6 Å². The molecule has 6 heteroatoms. The lowest BCUT2D eigenvalue weighted by molar-refractivity contribution is 0.150. The first-order valence-corrected chi connectivity index (χ1v) is 11.1. The first kappa shape index (κ1) is 20.8. The first-order valence-electron chi connectivity index (χ1n) is 11.1. The molecule has 0 radical (unpaired) electrons. The fourth-order valence-corrected chi connectivity index (χ4v) is 4.98. The number of aliphatic imine (C=N–C) groups is 1. The van der Waals surface area contributed by atoms with Crippen molar-refractivity contribution in [2.75, 3.05) is 40.3 Å². The number of hydrogen-bond donors (Lipinski definition) is 1. The van der Waals surface area contributed by atoms with Gasteiger partial charge >= 0.3 is 6.03 Å². The molecule has 30 heavy (non-hydrogen) atoms. The second kappa shape index (κ2) is 9.13. The Morgan fingerprint density at radius 1 is 1.23 bits per heavy atom. The molecule has 3 heterocycles. The highest BCUT2D eigenvalue weighted by atomic mass is 16.2. The van der Waals surface area contributed by atoms with E-state index >= 15 is 0 Å². The monoisotopic (exact) mass is 407 g/mol. The van der Waals surface area contributed by atoms with Crippen LogP contribution in [0.15, 0.2) is 35.5 Å². The third-order valence-corrected chi connectivity index (χ3v) is 6.54. The molecule has 0 bridgehead atoms. The smallest absolute Gasteiger partial charge is 0.317 e. The minimum absolute atomic E-state index is 0.0956. The van der Waals surface area contributed by atoms with Crippen molar-refractivity contribution < 1.29 is 4.79 Å². The lowest BCUT2D eigenvalue weighted by Crippen LogP contribution is -2.52. The third-order valence-electron chi connectivity index (χ3n) is 6.54. The van der Waals surface area contributed by atoms with Crippen LogP contribution in [0.4, 0.5) is 4.79 Å². The maximum Gasteiger partial charge on any atom is 0.317 e. The number of hydrogen-bond acceptors (Lipinski definition) is 4. The van der Waals surface area contributed by atoms with Gasteiger partial charge in [0.15, 0.2) is 0 Å². The molecule has 1 aromatic carbocycles. The van der Waals surface area contributed by atoms with Gasteiger partial charge in [0.2, 0.25) is 0 Å². The Labute approximate surface area is 179 Å². The Bertz CT molecular complexity index is 919. The van der Waals surface area contributed by atoms with E-state index < -0.39 is 0 Å². The molecule has 2 aliphatic rings. The molecule has 2 saturated heterocycles. The molecule has 1 N–H and O–H groups in total. The third kappa shape index (κ3) is 4.48. The van der Waals surface area contributed by atoms with Gasteiger partial charge in [0, 0.05) is 55.5 Å². The van der Waals surface area contributed by atoms with E-state index in [0.29, 0.717) is 17.9 Å². The van der Waals surface area contributed by atoms with E-state index in [1.165, 1.54) is 10.9 Å². The zero-order chi connectivity index (χ0) is 21.1. The van der Waals surface area contributed by atoms with Gasteiger partial charge < -0.3 is 15.1 Å². The zero-order valence-electron chi connectivity index (χ0n) is 18.3. The fraction of sp³-hybridized carbons (Fsp3) is 0.542. The number of benzene rings is 1. The molecule has 0 unspecified atom stereocenters. The van der Waals surface area contributed by atoms with Gasteiger partial charge in [0.25, 0.3) is 0 Å². The number of aromatic nitrogens is 1. The molecular formula is C24H33N5O. The maximum absolute atomic E-state index is 13.0. The summed E-state index contributed by atoms with van der Waals surface area (Å²) in [6.45, 7) is 5.94. The molecule has 2 amide bonds. The van der Waals surface area contributed by atoms with Gasteiger partial charge in [-0.2, -0.15) is 0 Å². The number of nitrogens with zero attached hydrogens (tertiary/aromatic N) is 4. The van der Waals surface area contributed by atoms with Gasteiger partial charge in [-0.15, -0.1) is 0 Å². The Balaban J connectivity index is 1.54. The van der Waals surface area contributed by atoms with Gasteiger partial charge in [-0.3, -0.25) is 9.98 Å². The Kier molecular flexibility index (Phi) is 6.32. The number of piperidine rings is 2. The highest BCUT2D eigenvalue weighted by Crippen LogP contribution is 2.34. The number of pyridine rings is 1. The van der Waals surface area contributed by atoms with Gasteiger partial charge in [0.1, 0.15) is 0 Å². The number of carbonyl (C=O) groups excluding carboxylic acids is 1. The van der Waals surface area contributed by atoms with Crippen molar-refractivity contribution in [3.63, 3.8) is 0 Å². The Morgan fingerprint density at radius 3 is 2.80 bits per heavy atom.